The van der Waals surface area contributed by atoms with E-state index in [4.69, 9.17) is 16.2 Å². The summed E-state index contributed by atoms with van der Waals surface area (Å²) in [4.78, 5) is 33.4. The van der Waals surface area contributed by atoms with Gasteiger partial charge in [0.25, 0.3) is 0 Å². The van der Waals surface area contributed by atoms with E-state index in [1.54, 1.807) is 11.1 Å². The van der Waals surface area contributed by atoms with Gasteiger partial charge in [-0.1, -0.05) is 26.0 Å². The van der Waals surface area contributed by atoms with Gasteiger partial charge < -0.3 is 31.8 Å². The van der Waals surface area contributed by atoms with E-state index in [0.29, 0.717) is 12.8 Å². The van der Waals surface area contributed by atoms with E-state index in [0.717, 1.165) is 12.3 Å². The van der Waals surface area contributed by atoms with Crippen LogP contribution in [0.4, 0.5) is 22.4 Å². The van der Waals surface area contributed by atoms with Crippen LogP contribution in [0.1, 0.15) is 39.5 Å². The van der Waals surface area contributed by atoms with Crippen LogP contribution >= 0.6 is 0 Å². The van der Waals surface area contributed by atoms with Gasteiger partial charge in [0.1, 0.15) is 23.5 Å². The maximum absolute atomic E-state index is 15.4. The zero-order valence-electron chi connectivity index (χ0n) is 22.1. The van der Waals surface area contributed by atoms with Crippen LogP contribution in [0.25, 0.3) is 0 Å². The fraction of sp³-hybridized carbons (Fsp3) is 0.500. The van der Waals surface area contributed by atoms with E-state index in [1.807, 2.05) is 13.8 Å². The van der Waals surface area contributed by atoms with Crippen molar-refractivity contribution in [3.63, 3.8) is 0 Å². The highest BCUT2D eigenvalue weighted by Gasteiger charge is 2.40. The number of carbonyl (C=O) groups excluding carboxylic acids is 1. The summed E-state index contributed by atoms with van der Waals surface area (Å²) in [6, 6.07) is -1.20. The first-order chi connectivity index (χ1) is 18.9. The second-order valence-corrected chi connectivity index (χ2v) is 9.67. The Morgan fingerprint density at radius 3 is 2.62 bits per heavy atom. The molecule has 0 saturated carbocycles. The second-order valence-electron chi connectivity index (χ2n) is 9.67. The lowest BCUT2D eigenvalue weighted by molar-refractivity contribution is -0.159. The number of hydrogen-bond acceptors (Lipinski definition) is 7. The molecule has 5 atom stereocenters. The summed E-state index contributed by atoms with van der Waals surface area (Å²) < 4.78 is 54.5. The van der Waals surface area contributed by atoms with Crippen LogP contribution in [0.15, 0.2) is 57.8 Å². The van der Waals surface area contributed by atoms with Crippen molar-refractivity contribution in [1.82, 2.24) is 15.5 Å². The molecule has 3 aliphatic rings. The van der Waals surface area contributed by atoms with Crippen molar-refractivity contribution >= 4 is 29.8 Å². The number of rotatable bonds is 10. The molecule has 0 radical (unpaired) electrons. The smallest absolute Gasteiger partial charge is 0.404 e. The van der Waals surface area contributed by atoms with Crippen molar-refractivity contribution in [1.29, 1.82) is 5.41 Å². The molecule has 0 fully saturated rings. The summed E-state index contributed by atoms with van der Waals surface area (Å²) in [5.74, 6) is -4.62. The third kappa shape index (κ3) is 7.16. The van der Waals surface area contributed by atoms with Gasteiger partial charge in [0.05, 0.1) is 17.5 Å². The van der Waals surface area contributed by atoms with Gasteiger partial charge in [0.2, 0.25) is 5.91 Å². The molecule has 218 valence electrons. The largest absolute Gasteiger partial charge is 0.465 e. The topological polar surface area (TPSA) is 156 Å². The van der Waals surface area contributed by atoms with Crippen LogP contribution in [-0.4, -0.2) is 64.6 Å². The molecule has 40 heavy (non-hydrogen) atoms. The van der Waals surface area contributed by atoms with Crippen molar-refractivity contribution in [2.45, 2.75) is 57.8 Å². The molecule has 0 aromatic heterocycles. The molecule has 0 spiro atoms. The van der Waals surface area contributed by atoms with Crippen LogP contribution in [-0.2, 0) is 4.79 Å². The molecule has 0 aromatic rings. The lowest BCUT2D eigenvalue weighted by Crippen LogP contribution is -2.55. The summed E-state index contributed by atoms with van der Waals surface area (Å²) in [6.45, 7) is 4.00. The highest BCUT2D eigenvalue weighted by atomic mass is 19.4. The maximum atomic E-state index is 15.4. The number of nitrogens with zero attached hydrogens (tertiary/aromatic N) is 3. The first kappa shape index (κ1) is 30.6. The quantitative estimate of drug-likeness (QED) is 0.199. The molecular formula is C26H33F4N7O3. The molecule has 0 saturated heterocycles. The van der Waals surface area contributed by atoms with Gasteiger partial charge in [-0.2, -0.15) is 13.2 Å². The van der Waals surface area contributed by atoms with E-state index in [1.165, 1.54) is 18.4 Å². The number of nitrogens with one attached hydrogen (secondary N) is 3. The third-order valence-corrected chi connectivity index (χ3v) is 7.13. The van der Waals surface area contributed by atoms with Crippen molar-refractivity contribution < 1.29 is 32.3 Å². The molecule has 5 unspecified atom stereocenters. The van der Waals surface area contributed by atoms with Crippen LogP contribution in [0, 0.1) is 23.2 Å². The predicted octanol–water partition coefficient (Wildman–Crippen LogP) is 4.00. The number of nitrogens with two attached hydrogens (primary N) is 1. The number of amides is 2. The second kappa shape index (κ2) is 12.9. The average Bonchev–Trinajstić information content (AvgIpc) is 2.90. The van der Waals surface area contributed by atoms with Gasteiger partial charge in [0.15, 0.2) is 0 Å². The Kier molecular flexibility index (Phi) is 9.88. The van der Waals surface area contributed by atoms with Gasteiger partial charge in [0, 0.05) is 43.2 Å². The minimum atomic E-state index is -4.48. The Labute approximate surface area is 229 Å². The zero-order chi connectivity index (χ0) is 29.6. The number of alkyl halides is 3. The van der Waals surface area contributed by atoms with Crippen LogP contribution in [0.3, 0.4) is 0 Å². The Morgan fingerprint density at radius 1 is 1.30 bits per heavy atom. The monoisotopic (exact) mass is 567 g/mol. The first-order valence-electron chi connectivity index (χ1n) is 12.9. The average molecular weight is 568 g/mol. The molecule has 2 amide bonds. The van der Waals surface area contributed by atoms with Crippen molar-refractivity contribution in [3.05, 3.63) is 47.8 Å². The lowest BCUT2D eigenvalue weighted by atomic mass is 9.87. The fourth-order valence-corrected chi connectivity index (χ4v) is 4.99. The minimum absolute atomic E-state index is 0.0573. The van der Waals surface area contributed by atoms with E-state index in [-0.39, 0.29) is 47.9 Å². The summed E-state index contributed by atoms with van der Waals surface area (Å²) >= 11 is 0. The SMILES string of the molecule is CCC(CNC(=O)O)C(CC)N1C=CN=C(N)C1C(=N)C1=C(F)CC(C(=O)NC2=CC(C(F)(F)F)CC=N2)C=C1. The number of amidine groups is 1. The number of halogens is 4. The number of hydrogen-bond donors (Lipinski definition) is 5. The summed E-state index contributed by atoms with van der Waals surface area (Å²) in [7, 11) is 0. The van der Waals surface area contributed by atoms with Crippen LogP contribution < -0.4 is 16.4 Å². The number of aliphatic imine (C=N–C) groups is 2. The minimum Gasteiger partial charge on any atom is -0.465 e. The van der Waals surface area contributed by atoms with Gasteiger partial charge in [-0.25, -0.2) is 19.2 Å². The molecule has 3 rings (SSSR count). The van der Waals surface area contributed by atoms with Crippen molar-refractivity contribution in [2.75, 3.05) is 6.54 Å². The Bertz CT molecular complexity index is 1190. The van der Waals surface area contributed by atoms with E-state index in [2.05, 4.69) is 20.6 Å². The van der Waals surface area contributed by atoms with E-state index < -0.39 is 48.3 Å². The molecule has 1 aliphatic carbocycles. The number of carbonyl (C=O) groups is 2. The molecule has 0 bridgehead atoms. The van der Waals surface area contributed by atoms with Crippen LogP contribution in [0.5, 0.6) is 0 Å². The highest BCUT2D eigenvalue weighted by Crippen LogP contribution is 2.33. The molecule has 14 heteroatoms. The van der Waals surface area contributed by atoms with Crippen LogP contribution in [0.2, 0.25) is 0 Å². The molecule has 2 heterocycles. The summed E-state index contributed by atoms with van der Waals surface area (Å²) in [5, 5.41) is 22.6. The third-order valence-electron chi connectivity index (χ3n) is 7.13. The molecule has 10 nitrogen and oxygen atoms in total. The predicted molar refractivity (Wildman–Crippen MR) is 142 cm³/mol. The Balaban J connectivity index is 1.76. The first-order valence-corrected chi connectivity index (χ1v) is 12.9. The van der Waals surface area contributed by atoms with Gasteiger partial charge in [-0.05, 0) is 31.3 Å². The van der Waals surface area contributed by atoms with E-state index in [9.17, 15) is 22.8 Å². The zero-order valence-corrected chi connectivity index (χ0v) is 22.1. The molecular weight excluding hydrogens is 534 g/mol. The molecule has 0 aromatic carbocycles. The normalized spacial score (nSPS) is 24.2. The lowest BCUT2D eigenvalue weighted by Gasteiger charge is -2.42. The van der Waals surface area contributed by atoms with E-state index >= 15 is 4.39 Å². The van der Waals surface area contributed by atoms with Gasteiger partial charge in [-0.3, -0.25) is 4.79 Å². The highest BCUT2D eigenvalue weighted by molar-refractivity contribution is 6.18. The standard InChI is InChI=1S/C26H33F4N7O3/c1-3-14(13-35-25(39)40)19(4-2)37-10-9-34-23(32)22(37)21(31)17-6-5-15(11-18(17)27)24(38)36-20-12-16(7-8-33-20)26(28,29)30/h5-6,8-10,12,14-16,19,22,31,35H,3-4,7,11,13H2,1-2H3,(H2,32,34)(H,36,38)(H,39,40). The Hall–Kier alpha value is -3.97. The summed E-state index contributed by atoms with van der Waals surface area (Å²) in [5.41, 5.74) is 5.91. The fourth-order valence-electron chi connectivity index (χ4n) is 4.99. The van der Waals surface area contributed by atoms with Gasteiger partial charge >= 0.3 is 12.3 Å². The number of allylic oxidation sites excluding steroid dienone is 3. The number of carboxylic acid groups (broad SMARTS) is 1. The van der Waals surface area contributed by atoms with Gasteiger partial charge in [-0.15, -0.1) is 0 Å². The van der Waals surface area contributed by atoms with Crippen molar-refractivity contribution in [3.8, 4) is 0 Å². The molecule has 2 aliphatic heterocycles. The molecule has 6 N–H and O–H groups in total. The Morgan fingerprint density at radius 2 is 2.02 bits per heavy atom. The summed E-state index contributed by atoms with van der Waals surface area (Å²) in [6.07, 6.45) is 2.51. The maximum Gasteiger partial charge on any atom is 0.404 e. The van der Waals surface area contributed by atoms with Crippen molar-refractivity contribution in [2.24, 2.45) is 33.5 Å².